The van der Waals surface area contributed by atoms with Crippen molar-refractivity contribution in [2.75, 3.05) is 18.9 Å². The molecule has 218 valence electrons. The molecule has 1 heterocycles. The third-order valence-electron chi connectivity index (χ3n) is 7.96. The van der Waals surface area contributed by atoms with Gasteiger partial charge in [-0.15, -0.1) is 0 Å². The number of amides is 5. The maximum Gasteiger partial charge on any atom is 0.418 e. The minimum Gasteiger partial charge on any atom is -0.427 e. The molecule has 9 nitrogen and oxygen atoms in total. The van der Waals surface area contributed by atoms with Gasteiger partial charge in [0.2, 0.25) is 11.5 Å². The van der Waals surface area contributed by atoms with Crippen molar-refractivity contribution in [1.29, 1.82) is 0 Å². The summed E-state index contributed by atoms with van der Waals surface area (Å²) in [5.74, 6) is -2.45. The molecule has 2 N–H and O–H groups in total. The van der Waals surface area contributed by atoms with Crippen LogP contribution in [0.15, 0.2) is 42.5 Å². The standard InChI is InChI=1S/C28H28F4N4O5/c1-15(28(30,31)32)35(13-16-3-7-18(29)8-4-16)23(37)14-36-24(38)27(41-26(36)40)12-21(17-5-6-17)20-11-19(9-10-22(20)27)34-25(39)33-2/h3-4,7-11,15,17,21H,5-6,12-14H2,1-2H3,(H2,33,34,39)/t15-,21?,27?/m0/s1. The highest BCUT2D eigenvalue weighted by Crippen LogP contribution is 2.58. The predicted molar refractivity (Wildman–Crippen MR) is 137 cm³/mol. The van der Waals surface area contributed by atoms with Crippen LogP contribution in [-0.2, 0) is 26.5 Å². The van der Waals surface area contributed by atoms with Crippen molar-refractivity contribution in [3.63, 3.8) is 0 Å². The van der Waals surface area contributed by atoms with Crippen molar-refractivity contribution >= 4 is 29.6 Å². The number of benzene rings is 2. The van der Waals surface area contributed by atoms with Crippen LogP contribution in [0, 0.1) is 11.7 Å². The number of nitrogens with zero attached hydrogens (tertiary/aromatic N) is 2. The van der Waals surface area contributed by atoms with Gasteiger partial charge in [0, 0.05) is 31.3 Å². The van der Waals surface area contributed by atoms with Gasteiger partial charge in [0.05, 0.1) is 0 Å². The minimum absolute atomic E-state index is 0.129. The summed E-state index contributed by atoms with van der Waals surface area (Å²) in [7, 11) is 1.47. The first-order chi connectivity index (χ1) is 19.3. The van der Waals surface area contributed by atoms with E-state index in [0.29, 0.717) is 21.1 Å². The molecular formula is C28H28F4N4O5. The van der Waals surface area contributed by atoms with Gasteiger partial charge in [-0.3, -0.25) is 9.59 Å². The Hall–Kier alpha value is -4.16. The van der Waals surface area contributed by atoms with Gasteiger partial charge in [-0.05, 0) is 67.0 Å². The minimum atomic E-state index is -4.80. The Morgan fingerprint density at radius 3 is 2.44 bits per heavy atom. The number of hydrogen-bond donors (Lipinski definition) is 2. The number of halogens is 4. The lowest BCUT2D eigenvalue weighted by molar-refractivity contribution is -0.187. The van der Waals surface area contributed by atoms with Crippen LogP contribution in [0.2, 0.25) is 0 Å². The van der Waals surface area contributed by atoms with Crippen LogP contribution in [0.25, 0.3) is 0 Å². The van der Waals surface area contributed by atoms with E-state index in [4.69, 9.17) is 4.74 Å². The molecule has 2 aromatic rings. The fourth-order valence-corrected chi connectivity index (χ4v) is 5.57. The van der Waals surface area contributed by atoms with Crippen LogP contribution in [0.5, 0.6) is 0 Å². The SMILES string of the molecule is CNC(=O)Nc1ccc2c(c1)C(C1CC1)CC21OC(=O)N(CC(=O)N(Cc2ccc(F)cc2)[C@@H](C)C(F)(F)F)C1=O. The lowest BCUT2D eigenvalue weighted by atomic mass is 9.93. The molecule has 1 aliphatic heterocycles. The van der Waals surface area contributed by atoms with E-state index in [0.717, 1.165) is 37.5 Å². The molecule has 5 rings (SSSR count). The van der Waals surface area contributed by atoms with E-state index in [2.05, 4.69) is 10.6 Å². The first-order valence-corrected chi connectivity index (χ1v) is 13.1. The van der Waals surface area contributed by atoms with E-state index in [1.807, 2.05) is 0 Å². The second-order valence-corrected chi connectivity index (χ2v) is 10.6. The summed E-state index contributed by atoms with van der Waals surface area (Å²) in [5.41, 5.74) is 0.160. The number of alkyl halides is 3. The molecule has 1 saturated heterocycles. The Morgan fingerprint density at radius 1 is 1.15 bits per heavy atom. The first-order valence-electron chi connectivity index (χ1n) is 13.1. The maximum absolute atomic E-state index is 13.8. The number of anilines is 1. The van der Waals surface area contributed by atoms with E-state index in [1.54, 1.807) is 18.2 Å². The molecule has 2 aliphatic carbocycles. The van der Waals surface area contributed by atoms with Crippen molar-refractivity contribution in [3.05, 3.63) is 65.0 Å². The van der Waals surface area contributed by atoms with Gasteiger partial charge in [-0.1, -0.05) is 18.2 Å². The van der Waals surface area contributed by atoms with Crippen molar-refractivity contribution in [1.82, 2.24) is 15.1 Å². The van der Waals surface area contributed by atoms with Crippen LogP contribution in [0.4, 0.5) is 32.8 Å². The van der Waals surface area contributed by atoms with Crippen LogP contribution in [-0.4, -0.2) is 59.5 Å². The molecule has 0 radical (unpaired) electrons. The Morgan fingerprint density at radius 2 is 1.83 bits per heavy atom. The topological polar surface area (TPSA) is 108 Å². The van der Waals surface area contributed by atoms with E-state index >= 15 is 0 Å². The van der Waals surface area contributed by atoms with Crippen LogP contribution in [0.3, 0.4) is 0 Å². The number of hydrogen-bond acceptors (Lipinski definition) is 5. The van der Waals surface area contributed by atoms with Crippen LogP contribution < -0.4 is 10.6 Å². The lowest BCUT2D eigenvalue weighted by Gasteiger charge is -2.31. The summed E-state index contributed by atoms with van der Waals surface area (Å²) < 4.78 is 60.1. The van der Waals surface area contributed by atoms with Gasteiger partial charge in [-0.2, -0.15) is 13.2 Å². The molecule has 1 spiro atoms. The van der Waals surface area contributed by atoms with Gasteiger partial charge < -0.3 is 20.3 Å². The van der Waals surface area contributed by atoms with E-state index in [-0.39, 0.29) is 23.8 Å². The zero-order valence-corrected chi connectivity index (χ0v) is 22.3. The Balaban J connectivity index is 1.41. The molecule has 0 aromatic heterocycles. The number of rotatable bonds is 7. The van der Waals surface area contributed by atoms with E-state index in [9.17, 15) is 36.7 Å². The van der Waals surface area contributed by atoms with Crippen LogP contribution >= 0.6 is 0 Å². The summed E-state index contributed by atoms with van der Waals surface area (Å²) in [6, 6.07) is 6.82. The molecule has 1 saturated carbocycles. The molecule has 2 fully saturated rings. The summed E-state index contributed by atoms with van der Waals surface area (Å²) in [5, 5.41) is 5.13. The van der Waals surface area contributed by atoms with E-state index < -0.39 is 60.7 Å². The average molecular weight is 577 g/mol. The zero-order chi connectivity index (χ0) is 29.7. The van der Waals surface area contributed by atoms with Crippen molar-refractivity contribution in [2.24, 2.45) is 5.92 Å². The third kappa shape index (κ3) is 5.32. The summed E-state index contributed by atoms with van der Waals surface area (Å²) >= 11 is 0. The van der Waals surface area contributed by atoms with Gasteiger partial charge >= 0.3 is 18.3 Å². The Labute approximate surface area is 232 Å². The summed E-state index contributed by atoms with van der Waals surface area (Å²) in [6.45, 7) is -0.679. The highest BCUT2D eigenvalue weighted by Gasteiger charge is 2.62. The number of imide groups is 1. The fraction of sp³-hybridized carbons (Fsp3) is 0.429. The molecule has 13 heteroatoms. The second-order valence-electron chi connectivity index (χ2n) is 10.6. The van der Waals surface area contributed by atoms with Gasteiger partial charge in [0.1, 0.15) is 18.4 Å². The maximum atomic E-state index is 13.8. The number of carbonyl (C=O) groups excluding carboxylic acids is 4. The Kier molecular flexibility index (Phi) is 7.16. The third-order valence-corrected chi connectivity index (χ3v) is 7.96. The predicted octanol–water partition coefficient (Wildman–Crippen LogP) is 4.63. The molecule has 3 atom stereocenters. The van der Waals surface area contributed by atoms with E-state index in [1.165, 1.54) is 19.2 Å². The molecule has 5 amide bonds. The number of fused-ring (bicyclic) bond motifs is 2. The largest absolute Gasteiger partial charge is 0.427 e. The van der Waals surface area contributed by atoms with Gasteiger partial charge in [0.15, 0.2) is 0 Å². The Bertz CT molecular complexity index is 1390. The fourth-order valence-electron chi connectivity index (χ4n) is 5.57. The second kappa shape index (κ2) is 10.3. The summed E-state index contributed by atoms with van der Waals surface area (Å²) in [4.78, 5) is 52.9. The molecule has 2 unspecified atom stereocenters. The van der Waals surface area contributed by atoms with Gasteiger partial charge in [0.25, 0.3) is 5.91 Å². The van der Waals surface area contributed by atoms with Crippen molar-refractivity contribution < 1.29 is 41.5 Å². The number of carbonyl (C=O) groups is 4. The van der Waals surface area contributed by atoms with Crippen molar-refractivity contribution in [2.45, 2.75) is 56.5 Å². The van der Waals surface area contributed by atoms with Crippen LogP contribution in [0.1, 0.15) is 48.8 Å². The normalized spacial score (nSPS) is 22.4. The number of urea groups is 1. The molecule has 0 bridgehead atoms. The molecule has 3 aliphatic rings. The smallest absolute Gasteiger partial charge is 0.418 e. The highest BCUT2D eigenvalue weighted by atomic mass is 19.4. The number of nitrogens with one attached hydrogen (secondary N) is 2. The molecular weight excluding hydrogens is 548 g/mol. The monoisotopic (exact) mass is 576 g/mol. The zero-order valence-electron chi connectivity index (χ0n) is 22.3. The number of ether oxygens (including phenoxy) is 1. The first kappa shape index (κ1) is 28.4. The highest BCUT2D eigenvalue weighted by molar-refractivity contribution is 6.06. The molecule has 2 aromatic carbocycles. The van der Waals surface area contributed by atoms with Crippen molar-refractivity contribution in [3.8, 4) is 0 Å². The quantitative estimate of drug-likeness (QED) is 0.468. The summed E-state index contributed by atoms with van der Waals surface area (Å²) in [6.07, 6.45) is -3.98. The van der Waals surface area contributed by atoms with Gasteiger partial charge in [-0.25, -0.2) is 18.9 Å². The lowest BCUT2D eigenvalue weighted by Crippen LogP contribution is -2.51. The molecule has 41 heavy (non-hydrogen) atoms. The average Bonchev–Trinajstić information content (AvgIpc) is 3.68.